The topological polar surface area (TPSA) is 52.6 Å². The van der Waals surface area contributed by atoms with Crippen molar-refractivity contribution in [2.75, 3.05) is 6.61 Å². The van der Waals surface area contributed by atoms with E-state index >= 15 is 0 Å². The molecular formula is C18H18O4Se. The molecule has 0 spiro atoms. The summed E-state index contributed by atoms with van der Waals surface area (Å²) in [5.41, 5.74) is 1.62. The van der Waals surface area contributed by atoms with Crippen molar-refractivity contribution in [2.24, 2.45) is 0 Å². The fraction of sp³-hybridized carbons (Fsp3) is 0.222. The van der Waals surface area contributed by atoms with E-state index < -0.39 is 0 Å². The fourth-order valence-electron chi connectivity index (χ4n) is 1.96. The van der Waals surface area contributed by atoms with Gasteiger partial charge in [-0.05, 0) is 0 Å². The van der Waals surface area contributed by atoms with E-state index in [2.05, 4.69) is 0 Å². The van der Waals surface area contributed by atoms with Crippen LogP contribution in [0.5, 0.6) is 5.75 Å². The van der Waals surface area contributed by atoms with E-state index in [0.717, 1.165) is 16.3 Å². The third-order valence-corrected chi connectivity index (χ3v) is 5.33. The zero-order valence-electron chi connectivity index (χ0n) is 12.9. The molecular weight excluding hydrogens is 359 g/mol. The number of benzene rings is 2. The molecule has 0 aliphatic carbocycles. The predicted molar refractivity (Wildman–Crippen MR) is 89.4 cm³/mol. The van der Waals surface area contributed by atoms with Crippen LogP contribution in [0.1, 0.15) is 22.8 Å². The second-order valence-corrected chi connectivity index (χ2v) is 6.73. The van der Waals surface area contributed by atoms with Gasteiger partial charge in [0.05, 0.1) is 0 Å². The minimum atomic E-state index is -0.248. The number of hydrogen-bond acceptors (Lipinski definition) is 4. The Kier molecular flexibility index (Phi) is 6.85. The van der Waals surface area contributed by atoms with Gasteiger partial charge in [-0.2, -0.15) is 0 Å². The number of hydrogen-bond donors (Lipinski definition) is 0. The summed E-state index contributed by atoms with van der Waals surface area (Å²) in [6.45, 7) is 2.56. The van der Waals surface area contributed by atoms with Crippen molar-refractivity contribution in [1.82, 2.24) is 0 Å². The number of aldehydes is 1. The van der Waals surface area contributed by atoms with Gasteiger partial charge in [0.25, 0.3) is 0 Å². The molecule has 4 nitrogen and oxygen atoms in total. The molecule has 0 atom stereocenters. The first kappa shape index (κ1) is 17.3. The minimum absolute atomic E-state index is 0.213. The summed E-state index contributed by atoms with van der Waals surface area (Å²) in [6.07, 6.45) is 0.803. The summed E-state index contributed by atoms with van der Waals surface area (Å²) >= 11 is -0.213. The molecule has 0 aromatic heterocycles. The van der Waals surface area contributed by atoms with E-state index in [1.165, 1.54) is 0 Å². The van der Waals surface area contributed by atoms with Gasteiger partial charge in [0.2, 0.25) is 0 Å². The summed E-state index contributed by atoms with van der Waals surface area (Å²) in [4.78, 5) is 22.8. The zero-order valence-corrected chi connectivity index (χ0v) is 14.6. The van der Waals surface area contributed by atoms with Crippen molar-refractivity contribution in [3.63, 3.8) is 0 Å². The second-order valence-electron chi connectivity index (χ2n) is 4.66. The molecule has 0 N–H and O–H groups in total. The first-order valence-electron chi connectivity index (χ1n) is 7.28. The molecule has 2 aromatic carbocycles. The second kappa shape index (κ2) is 9.13. The summed E-state index contributed by atoms with van der Waals surface area (Å²) in [6, 6.07) is 15.2. The molecule has 0 unspecified atom stereocenters. The van der Waals surface area contributed by atoms with Crippen LogP contribution in [0.15, 0.2) is 48.5 Å². The van der Waals surface area contributed by atoms with Gasteiger partial charge in [-0.15, -0.1) is 0 Å². The summed E-state index contributed by atoms with van der Waals surface area (Å²) in [5, 5.41) is 0.285. The molecule has 0 aliphatic rings. The van der Waals surface area contributed by atoms with Crippen LogP contribution in [0.2, 0.25) is 5.32 Å². The van der Waals surface area contributed by atoms with E-state index in [9.17, 15) is 9.59 Å². The molecule has 5 heteroatoms. The third-order valence-electron chi connectivity index (χ3n) is 3.01. The third kappa shape index (κ3) is 5.23. The van der Waals surface area contributed by atoms with Crippen molar-refractivity contribution in [2.45, 2.75) is 18.8 Å². The fourth-order valence-corrected chi connectivity index (χ4v) is 3.85. The van der Waals surface area contributed by atoms with Crippen LogP contribution in [0.25, 0.3) is 0 Å². The Bertz CT molecular complexity index is 655. The van der Waals surface area contributed by atoms with Gasteiger partial charge in [0.1, 0.15) is 0 Å². The molecule has 23 heavy (non-hydrogen) atoms. The van der Waals surface area contributed by atoms with E-state index in [0.29, 0.717) is 24.5 Å². The molecule has 120 valence electrons. The zero-order chi connectivity index (χ0) is 16.5. The van der Waals surface area contributed by atoms with Gasteiger partial charge in [-0.3, -0.25) is 0 Å². The maximum atomic E-state index is 11.6. The van der Waals surface area contributed by atoms with Crippen molar-refractivity contribution in [3.05, 3.63) is 59.7 Å². The number of esters is 1. The van der Waals surface area contributed by atoms with Crippen LogP contribution in [0.3, 0.4) is 0 Å². The summed E-state index contributed by atoms with van der Waals surface area (Å²) in [7, 11) is 0. The van der Waals surface area contributed by atoms with Crippen LogP contribution in [-0.4, -0.2) is 33.8 Å². The van der Waals surface area contributed by atoms with Crippen molar-refractivity contribution < 1.29 is 19.1 Å². The average Bonchev–Trinajstić information content (AvgIpc) is 2.59. The molecule has 0 radical (unpaired) electrons. The van der Waals surface area contributed by atoms with E-state index in [4.69, 9.17) is 9.47 Å². The maximum absolute atomic E-state index is 11.6. The molecule has 0 fully saturated rings. The molecule has 0 amide bonds. The normalized spacial score (nSPS) is 10.1. The van der Waals surface area contributed by atoms with Gasteiger partial charge in [-0.1, -0.05) is 0 Å². The Balaban J connectivity index is 2.11. The van der Waals surface area contributed by atoms with Crippen LogP contribution < -0.4 is 9.20 Å². The van der Waals surface area contributed by atoms with Crippen molar-refractivity contribution in [1.29, 1.82) is 0 Å². The monoisotopic (exact) mass is 378 g/mol. The summed E-state index contributed by atoms with van der Waals surface area (Å²) in [5.74, 6) is 0.407. The first-order valence-corrected chi connectivity index (χ1v) is 9.34. The standard InChI is InChI=1S/C18H18O4Se/c1-2-21-17(20)13-23-18-15(11-19)9-6-10-16(18)22-12-14-7-4-3-5-8-14/h3-11H,2,12-13H2,1H3. The van der Waals surface area contributed by atoms with Gasteiger partial charge >= 0.3 is 142 Å². The Hall–Kier alpha value is -2.10. The van der Waals surface area contributed by atoms with Crippen LogP contribution in [-0.2, 0) is 16.1 Å². The predicted octanol–water partition coefficient (Wildman–Crippen LogP) is 2.39. The molecule has 0 saturated carbocycles. The van der Waals surface area contributed by atoms with Crippen molar-refractivity contribution >= 4 is 31.7 Å². The molecule has 0 saturated heterocycles. The van der Waals surface area contributed by atoms with Crippen LogP contribution in [0.4, 0.5) is 0 Å². The Morgan fingerprint density at radius 2 is 1.91 bits per heavy atom. The average molecular weight is 377 g/mol. The Morgan fingerprint density at radius 1 is 1.13 bits per heavy atom. The molecule has 0 bridgehead atoms. The summed E-state index contributed by atoms with van der Waals surface area (Å²) < 4.78 is 11.6. The van der Waals surface area contributed by atoms with Gasteiger partial charge in [-0.25, -0.2) is 0 Å². The van der Waals surface area contributed by atoms with Gasteiger partial charge < -0.3 is 0 Å². The van der Waals surface area contributed by atoms with Crippen molar-refractivity contribution in [3.8, 4) is 5.75 Å². The molecule has 2 aromatic rings. The Morgan fingerprint density at radius 3 is 2.61 bits per heavy atom. The number of carbonyl (C=O) groups excluding carboxylic acids is 2. The number of carbonyl (C=O) groups is 2. The van der Waals surface area contributed by atoms with Gasteiger partial charge in [0, 0.05) is 0 Å². The SMILES string of the molecule is CCOC(=O)C[Se]c1c(C=O)cccc1OCc1ccccc1. The number of ether oxygens (including phenoxy) is 2. The molecule has 2 rings (SSSR count). The quantitative estimate of drug-likeness (QED) is 0.403. The molecule has 0 aliphatic heterocycles. The molecule has 0 heterocycles. The first-order chi connectivity index (χ1) is 11.2. The van der Waals surface area contributed by atoms with Crippen LogP contribution >= 0.6 is 0 Å². The number of rotatable bonds is 8. The van der Waals surface area contributed by atoms with E-state index in [1.807, 2.05) is 36.4 Å². The van der Waals surface area contributed by atoms with Gasteiger partial charge in [0.15, 0.2) is 0 Å². The Labute approximate surface area is 142 Å². The van der Waals surface area contributed by atoms with E-state index in [1.54, 1.807) is 19.1 Å². The van der Waals surface area contributed by atoms with E-state index in [-0.39, 0.29) is 26.2 Å². The van der Waals surface area contributed by atoms with Crippen LogP contribution in [0, 0.1) is 0 Å².